The zero-order valence-electron chi connectivity index (χ0n) is 8.97. The van der Waals surface area contributed by atoms with Crippen LogP contribution in [0.5, 0.6) is 11.5 Å². The third kappa shape index (κ3) is 1.93. The van der Waals surface area contributed by atoms with E-state index in [9.17, 15) is 5.11 Å². The van der Waals surface area contributed by atoms with Crippen LogP contribution in [0.15, 0.2) is 42.5 Å². The van der Waals surface area contributed by atoms with Crippen molar-refractivity contribution < 1.29 is 9.84 Å². The van der Waals surface area contributed by atoms with Gasteiger partial charge in [0.15, 0.2) is 0 Å². The largest absolute Gasteiger partial charge is 0.506 e. The van der Waals surface area contributed by atoms with E-state index in [-0.39, 0.29) is 5.75 Å². The lowest BCUT2D eigenvalue weighted by Gasteiger charge is -2.06. The van der Waals surface area contributed by atoms with Gasteiger partial charge < -0.3 is 15.6 Å². The third-order valence-corrected chi connectivity index (χ3v) is 2.43. The molecule has 0 heterocycles. The van der Waals surface area contributed by atoms with Gasteiger partial charge in [0, 0.05) is 0 Å². The fourth-order valence-electron chi connectivity index (χ4n) is 1.54. The molecule has 0 aliphatic rings. The molecular weight excluding hydrogens is 202 g/mol. The maximum absolute atomic E-state index is 9.34. The molecule has 16 heavy (non-hydrogen) atoms. The summed E-state index contributed by atoms with van der Waals surface area (Å²) in [6.45, 7) is 0. The molecule has 0 radical (unpaired) electrons. The van der Waals surface area contributed by atoms with Gasteiger partial charge in [-0.3, -0.25) is 0 Å². The number of aromatic hydroxyl groups is 1. The Morgan fingerprint density at radius 2 is 1.81 bits per heavy atom. The molecule has 0 saturated carbocycles. The molecule has 0 fully saturated rings. The molecule has 0 atom stereocenters. The van der Waals surface area contributed by atoms with Gasteiger partial charge in [0.1, 0.15) is 11.5 Å². The van der Waals surface area contributed by atoms with Gasteiger partial charge in [0.2, 0.25) is 0 Å². The monoisotopic (exact) mass is 215 g/mol. The fourth-order valence-corrected chi connectivity index (χ4v) is 1.54. The molecule has 0 saturated heterocycles. The molecule has 0 bridgehead atoms. The van der Waals surface area contributed by atoms with Crippen LogP contribution in [0.3, 0.4) is 0 Å². The molecular formula is C13H13NO2. The third-order valence-electron chi connectivity index (χ3n) is 2.43. The van der Waals surface area contributed by atoms with Crippen molar-refractivity contribution in [3.05, 3.63) is 42.5 Å². The van der Waals surface area contributed by atoms with Gasteiger partial charge in [-0.25, -0.2) is 0 Å². The number of methoxy groups -OCH3 is 1. The van der Waals surface area contributed by atoms with E-state index in [1.807, 2.05) is 30.3 Å². The predicted molar refractivity (Wildman–Crippen MR) is 64.5 cm³/mol. The lowest BCUT2D eigenvalue weighted by Crippen LogP contribution is -1.87. The fraction of sp³-hybridized carbons (Fsp3) is 0.0769. The first-order valence-electron chi connectivity index (χ1n) is 4.93. The SMILES string of the molecule is COc1cccc(-c2ccc(O)c(N)c2)c1. The van der Waals surface area contributed by atoms with E-state index >= 15 is 0 Å². The van der Waals surface area contributed by atoms with Crippen LogP contribution < -0.4 is 10.5 Å². The van der Waals surface area contributed by atoms with Gasteiger partial charge in [0.05, 0.1) is 12.8 Å². The van der Waals surface area contributed by atoms with E-state index < -0.39 is 0 Å². The van der Waals surface area contributed by atoms with E-state index in [0.29, 0.717) is 5.69 Å². The van der Waals surface area contributed by atoms with Crippen molar-refractivity contribution in [2.24, 2.45) is 0 Å². The average molecular weight is 215 g/mol. The molecule has 0 unspecified atom stereocenters. The number of phenolic OH excluding ortho intramolecular Hbond substituents is 1. The molecule has 0 spiro atoms. The maximum atomic E-state index is 9.34. The Kier molecular flexibility index (Phi) is 2.68. The van der Waals surface area contributed by atoms with Crippen LogP contribution in [0, 0.1) is 0 Å². The number of ether oxygens (including phenoxy) is 1. The molecule has 0 amide bonds. The second-order valence-corrected chi connectivity index (χ2v) is 3.51. The first-order chi connectivity index (χ1) is 7.70. The average Bonchev–Trinajstić information content (AvgIpc) is 2.33. The van der Waals surface area contributed by atoms with Gasteiger partial charge >= 0.3 is 0 Å². The summed E-state index contributed by atoms with van der Waals surface area (Å²) in [5.74, 6) is 0.899. The van der Waals surface area contributed by atoms with E-state index in [2.05, 4.69) is 0 Å². The Hall–Kier alpha value is -2.16. The van der Waals surface area contributed by atoms with Crippen LogP contribution in [-0.2, 0) is 0 Å². The number of rotatable bonds is 2. The number of nitrogen functional groups attached to an aromatic ring is 1. The number of benzene rings is 2. The lowest BCUT2D eigenvalue weighted by molar-refractivity contribution is 0.415. The standard InChI is InChI=1S/C13H13NO2/c1-16-11-4-2-3-9(7-11)10-5-6-13(15)12(14)8-10/h2-8,15H,14H2,1H3. The first kappa shape index (κ1) is 10.4. The minimum atomic E-state index is 0.103. The van der Waals surface area contributed by atoms with Crippen LogP contribution in [0.1, 0.15) is 0 Å². The van der Waals surface area contributed by atoms with Gasteiger partial charge in [-0.2, -0.15) is 0 Å². The van der Waals surface area contributed by atoms with E-state index in [4.69, 9.17) is 10.5 Å². The summed E-state index contributed by atoms with van der Waals surface area (Å²) in [5.41, 5.74) is 7.98. The molecule has 2 aromatic carbocycles. The summed E-state index contributed by atoms with van der Waals surface area (Å²) in [4.78, 5) is 0. The van der Waals surface area contributed by atoms with Crippen LogP contribution in [0.25, 0.3) is 11.1 Å². The molecule has 3 nitrogen and oxygen atoms in total. The van der Waals surface area contributed by atoms with Crippen LogP contribution in [0.2, 0.25) is 0 Å². The van der Waals surface area contributed by atoms with Crippen molar-refractivity contribution in [1.29, 1.82) is 0 Å². The molecule has 0 aliphatic heterocycles. The van der Waals surface area contributed by atoms with Gasteiger partial charge in [0.25, 0.3) is 0 Å². The molecule has 3 heteroatoms. The van der Waals surface area contributed by atoms with Crippen molar-refractivity contribution in [1.82, 2.24) is 0 Å². The van der Waals surface area contributed by atoms with E-state index in [0.717, 1.165) is 16.9 Å². The zero-order valence-corrected chi connectivity index (χ0v) is 8.97. The molecule has 0 aliphatic carbocycles. The summed E-state index contributed by atoms with van der Waals surface area (Å²) >= 11 is 0. The molecule has 82 valence electrons. The maximum Gasteiger partial charge on any atom is 0.138 e. The summed E-state index contributed by atoms with van der Waals surface area (Å²) in [6.07, 6.45) is 0. The summed E-state index contributed by atoms with van der Waals surface area (Å²) in [5, 5.41) is 9.34. The number of anilines is 1. The number of phenols is 1. The highest BCUT2D eigenvalue weighted by molar-refractivity contribution is 5.71. The van der Waals surface area contributed by atoms with Gasteiger partial charge in [-0.15, -0.1) is 0 Å². The topological polar surface area (TPSA) is 55.5 Å². The minimum Gasteiger partial charge on any atom is -0.506 e. The quantitative estimate of drug-likeness (QED) is 0.598. The highest BCUT2D eigenvalue weighted by atomic mass is 16.5. The second-order valence-electron chi connectivity index (χ2n) is 3.51. The van der Waals surface area contributed by atoms with Crippen molar-refractivity contribution >= 4 is 5.69 Å². The van der Waals surface area contributed by atoms with Crippen LogP contribution >= 0.6 is 0 Å². The van der Waals surface area contributed by atoms with Crippen LogP contribution in [0.4, 0.5) is 5.69 Å². The van der Waals surface area contributed by atoms with Crippen molar-refractivity contribution in [3.8, 4) is 22.6 Å². The Balaban J connectivity index is 2.46. The smallest absolute Gasteiger partial charge is 0.138 e. The number of hydrogen-bond donors (Lipinski definition) is 2. The Morgan fingerprint density at radius 1 is 1.06 bits per heavy atom. The highest BCUT2D eigenvalue weighted by Gasteiger charge is 2.02. The molecule has 3 N–H and O–H groups in total. The zero-order chi connectivity index (χ0) is 11.5. The van der Waals surface area contributed by atoms with Crippen molar-refractivity contribution in [2.45, 2.75) is 0 Å². The Labute approximate surface area is 94.1 Å². The number of hydrogen-bond acceptors (Lipinski definition) is 3. The first-order valence-corrected chi connectivity index (χ1v) is 4.93. The molecule has 2 aromatic rings. The van der Waals surface area contributed by atoms with Crippen molar-refractivity contribution in [3.63, 3.8) is 0 Å². The predicted octanol–water partition coefficient (Wildman–Crippen LogP) is 2.65. The normalized spacial score (nSPS) is 10.1. The number of nitrogens with two attached hydrogens (primary N) is 1. The van der Waals surface area contributed by atoms with E-state index in [1.54, 1.807) is 19.2 Å². The molecule has 2 rings (SSSR count). The highest BCUT2D eigenvalue weighted by Crippen LogP contribution is 2.29. The molecule has 0 aromatic heterocycles. The van der Waals surface area contributed by atoms with Gasteiger partial charge in [-0.1, -0.05) is 18.2 Å². The van der Waals surface area contributed by atoms with Gasteiger partial charge in [-0.05, 0) is 35.4 Å². The minimum absolute atomic E-state index is 0.103. The lowest BCUT2D eigenvalue weighted by atomic mass is 10.0. The Bertz CT molecular complexity index is 509. The summed E-state index contributed by atoms with van der Waals surface area (Å²) in [6, 6.07) is 12.8. The van der Waals surface area contributed by atoms with Crippen molar-refractivity contribution in [2.75, 3.05) is 12.8 Å². The summed E-state index contributed by atoms with van der Waals surface area (Å²) < 4.78 is 5.15. The second kappa shape index (κ2) is 4.14. The summed E-state index contributed by atoms with van der Waals surface area (Å²) in [7, 11) is 1.63. The Morgan fingerprint density at radius 3 is 2.50 bits per heavy atom. The van der Waals surface area contributed by atoms with E-state index in [1.165, 1.54) is 0 Å². The van der Waals surface area contributed by atoms with Crippen LogP contribution in [-0.4, -0.2) is 12.2 Å².